The van der Waals surface area contributed by atoms with E-state index in [1.54, 1.807) is 0 Å². The summed E-state index contributed by atoms with van der Waals surface area (Å²) in [7, 11) is 1.93. The molecule has 2 fully saturated rings. The van der Waals surface area contributed by atoms with Gasteiger partial charge in [0.2, 0.25) is 11.8 Å². The average molecular weight is 569 g/mol. The fourth-order valence-electron chi connectivity index (χ4n) is 6.68. The third-order valence-corrected chi connectivity index (χ3v) is 9.73. The van der Waals surface area contributed by atoms with E-state index >= 15 is 0 Å². The lowest BCUT2D eigenvalue weighted by atomic mass is 9.87. The van der Waals surface area contributed by atoms with E-state index in [2.05, 4.69) is 60.6 Å². The molecule has 2 aliphatic rings. The maximum absolute atomic E-state index is 13.1. The molecule has 0 radical (unpaired) electrons. The van der Waals surface area contributed by atoms with Gasteiger partial charge in [0.1, 0.15) is 0 Å². The highest BCUT2D eigenvalue weighted by atomic mass is 16.2. The summed E-state index contributed by atoms with van der Waals surface area (Å²) in [5, 5.41) is 0. The summed E-state index contributed by atoms with van der Waals surface area (Å²) in [5.41, 5.74) is 3.61. The highest BCUT2D eigenvalue weighted by Crippen LogP contribution is 2.33. The molecule has 0 saturated carbocycles. The summed E-state index contributed by atoms with van der Waals surface area (Å²) in [5.74, 6) is 1.85. The molecule has 2 heterocycles. The van der Waals surface area contributed by atoms with Crippen LogP contribution in [0.2, 0.25) is 0 Å². The van der Waals surface area contributed by atoms with Crippen molar-refractivity contribution in [1.29, 1.82) is 0 Å². The van der Waals surface area contributed by atoms with Gasteiger partial charge < -0.3 is 14.7 Å². The Bertz CT molecular complexity index is 934. The number of amides is 2. The van der Waals surface area contributed by atoms with Crippen LogP contribution in [-0.4, -0.2) is 85.9 Å². The molecule has 3 rings (SSSR count). The van der Waals surface area contributed by atoms with E-state index in [1.165, 1.54) is 56.2 Å². The molecule has 0 bridgehead atoms. The van der Waals surface area contributed by atoms with Crippen molar-refractivity contribution in [3.63, 3.8) is 0 Å². The van der Waals surface area contributed by atoms with Crippen LogP contribution in [0, 0.1) is 18.8 Å². The molecule has 2 amide bonds. The van der Waals surface area contributed by atoms with Gasteiger partial charge in [-0.3, -0.25) is 14.5 Å². The van der Waals surface area contributed by atoms with Gasteiger partial charge in [-0.15, -0.1) is 0 Å². The Balaban J connectivity index is 1.43. The Kier molecular flexibility index (Phi) is 14.1. The zero-order valence-electron chi connectivity index (χ0n) is 27.3. The molecule has 1 aromatic carbocycles. The Morgan fingerprint density at radius 1 is 0.927 bits per heavy atom. The molecular weight excluding hydrogens is 508 g/mol. The quantitative estimate of drug-likeness (QED) is 0.221. The molecule has 6 nitrogen and oxygen atoms in total. The number of anilines is 1. The van der Waals surface area contributed by atoms with E-state index in [4.69, 9.17) is 0 Å². The van der Waals surface area contributed by atoms with Gasteiger partial charge in [0.15, 0.2) is 0 Å². The minimum absolute atomic E-state index is 0.0485. The van der Waals surface area contributed by atoms with Crippen LogP contribution in [-0.2, 0) is 9.59 Å². The second-order valence-corrected chi connectivity index (χ2v) is 13.0. The largest absolute Gasteiger partial charge is 0.342 e. The smallest absolute Gasteiger partial charge is 0.236 e. The first-order valence-corrected chi connectivity index (χ1v) is 16.9. The number of hydrogen-bond acceptors (Lipinski definition) is 4. The summed E-state index contributed by atoms with van der Waals surface area (Å²) in [6.45, 7) is 18.6. The lowest BCUT2D eigenvalue weighted by molar-refractivity contribution is -0.134. The van der Waals surface area contributed by atoms with E-state index in [0.717, 1.165) is 70.6 Å². The first-order chi connectivity index (χ1) is 19.8. The maximum atomic E-state index is 13.1. The molecule has 41 heavy (non-hydrogen) atoms. The number of benzene rings is 1. The molecule has 2 aliphatic heterocycles. The van der Waals surface area contributed by atoms with Gasteiger partial charge in [-0.05, 0) is 107 Å². The van der Waals surface area contributed by atoms with Crippen molar-refractivity contribution in [3.05, 3.63) is 29.3 Å². The van der Waals surface area contributed by atoms with Crippen molar-refractivity contribution < 1.29 is 9.59 Å². The Hall–Kier alpha value is -1.92. The van der Waals surface area contributed by atoms with Gasteiger partial charge in [-0.2, -0.15) is 0 Å². The van der Waals surface area contributed by atoms with Gasteiger partial charge in [-0.25, -0.2) is 0 Å². The van der Waals surface area contributed by atoms with Crippen molar-refractivity contribution in [3.8, 4) is 0 Å². The predicted octanol–water partition coefficient (Wildman–Crippen LogP) is 6.71. The van der Waals surface area contributed by atoms with E-state index in [-0.39, 0.29) is 11.8 Å². The summed E-state index contributed by atoms with van der Waals surface area (Å²) in [6, 6.07) is 6.75. The van der Waals surface area contributed by atoms with Crippen LogP contribution in [0.5, 0.6) is 0 Å². The number of rotatable bonds is 15. The molecule has 1 aromatic rings. The summed E-state index contributed by atoms with van der Waals surface area (Å²) < 4.78 is 0. The third kappa shape index (κ3) is 10.1. The number of unbranched alkanes of at least 4 members (excludes halogenated alkanes) is 3. The molecule has 0 spiro atoms. The van der Waals surface area contributed by atoms with Crippen LogP contribution in [0.15, 0.2) is 18.2 Å². The van der Waals surface area contributed by atoms with Crippen LogP contribution < -0.4 is 4.90 Å². The Labute approximate surface area is 251 Å². The van der Waals surface area contributed by atoms with Crippen LogP contribution in [0.3, 0.4) is 0 Å². The van der Waals surface area contributed by atoms with Gasteiger partial charge in [0, 0.05) is 38.3 Å². The molecule has 0 aromatic heterocycles. The molecule has 6 heteroatoms. The molecule has 2 saturated heterocycles. The zero-order valence-corrected chi connectivity index (χ0v) is 27.3. The fraction of sp³-hybridized carbons (Fsp3) is 0.771. The van der Waals surface area contributed by atoms with Crippen LogP contribution in [0.4, 0.5) is 5.69 Å². The van der Waals surface area contributed by atoms with Crippen molar-refractivity contribution in [2.75, 3.05) is 64.3 Å². The normalized spacial score (nSPS) is 18.2. The molecular formula is C35H60N4O2. The van der Waals surface area contributed by atoms with Crippen LogP contribution in [0.25, 0.3) is 0 Å². The van der Waals surface area contributed by atoms with Crippen molar-refractivity contribution in [2.45, 2.75) is 105 Å². The average Bonchev–Trinajstić information content (AvgIpc) is 2.99. The fourth-order valence-corrected chi connectivity index (χ4v) is 6.68. The number of nitrogens with zero attached hydrogens (tertiary/aromatic N) is 4. The number of aryl methyl sites for hydroxylation is 1. The first kappa shape index (κ1) is 33.6. The van der Waals surface area contributed by atoms with E-state index in [0.29, 0.717) is 24.3 Å². The number of hydrogen-bond donors (Lipinski definition) is 0. The second-order valence-electron chi connectivity index (χ2n) is 13.0. The number of carbonyl (C=O) groups excluding carboxylic acids is 2. The second kappa shape index (κ2) is 17.3. The van der Waals surface area contributed by atoms with Gasteiger partial charge in [0.05, 0.1) is 6.54 Å². The van der Waals surface area contributed by atoms with Crippen LogP contribution >= 0.6 is 0 Å². The highest BCUT2D eigenvalue weighted by Gasteiger charge is 2.28. The SMILES string of the molecule is CCCCCCN(CCC)CC(=O)N1CCC(CN2CCC(c3ccc(C)c(N(C)C(=O)C(C)CC)c3)CC2)CC1. The lowest BCUT2D eigenvalue weighted by Gasteiger charge is -2.38. The van der Waals surface area contributed by atoms with Gasteiger partial charge in [-0.1, -0.05) is 59.1 Å². The number of likely N-dealkylation sites (tertiary alicyclic amines) is 2. The molecule has 1 atom stereocenters. The summed E-state index contributed by atoms with van der Waals surface area (Å²) >= 11 is 0. The topological polar surface area (TPSA) is 47.1 Å². The first-order valence-electron chi connectivity index (χ1n) is 16.9. The number of carbonyl (C=O) groups is 2. The van der Waals surface area contributed by atoms with E-state index in [1.807, 2.05) is 18.9 Å². The van der Waals surface area contributed by atoms with Crippen molar-refractivity contribution in [1.82, 2.24) is 14.7 Å². The lowest BCUT2D eigenvalue weighted by Crippen LogP contribution is -2.46. The molecule has 0 aliphatic carbocycles. The van der Waals surface area contributed by atoms with Gasteiger partial charge >= 0.3 is 0 Å². The molecule has 1 unspecified atom stereocenters. The minimum Gasteiger partial charge on any atom is -0.342 e. The maximum Gasteiger partial charge on any atom is 0.236 e. The predicted molar refractivity (Wildman–Crippen MR) is 173 cm³/mol. The number of piperidine rings is 2. The van der Waals surface area contributed by atoms with Gasteiger partial charge in [0.25, 0.3) is 0 Å². The van der Waals surface area contributed by atoms with E-state index in [9.17, 15) is 9.59 Å². The summed E-state index contributed by atoms with van der Waals surface area (Å²) in [4.78, 5) is 34.9. The Morgan fingerprint density at radius 2 is 1.63 bits per heavy atom. The Morgan fingerprint density at radius 3 is 2.27 bits per heavy atom. The molecule has 232 valence electrons. The highest BCUT2D eigenvalue weighted by molar-refractivity contribution is 5.95. The third-order valence-electron chi connectivity index (χ3n) is 9.73. The zero-order chi connectivity index (χ0) is 29.8. The van der Waals surface area contributed by atoms with E-state index < -0.39 is 0 Å². The van der Waals surface area contributed by atoms with Crippen molar-refractivity contribution in [2.24, 2.45) is 11.8 Å². The monoisotopic (exact) mass is 568 g/mol. The minimum atomic E-state index is 0.0485. The van der Waals surface area contributed by atoms with Crippen molar-refractivity contribution >= 4 is 17.5 Å². The summed E-state index contributed by atoms with van der Waals surface area (Å²) in [6.07, 6.45) is 11.6. The van der Waals surface area contributed by atoms with Crippen LogP contribution in [0.1, 0.15) is 109 Å². The standard InChI is InChI=1S/C35H60N4O2/c1-7-10-11-12-20-37(19-8-2)27-34(40)39-23-15-30(16-24-39)26-38-21-17-31(18-22-38)32-14-13-29(5)33(25-32)36(6)35(41)28(4)9-3/h13-14,25,28,30-31H,7-12,15-24,26-27H2,1-6H3. The molecule has 0 N–H and O–H groups in total.